The molecule has 0 spiro atoms. The summed E-state index contributed by atoms with van der Waals surface area (Å²) in [5.41, 5.74) is 6.48. The third-order valence-corrected chi connectivity index (χ3v) is 8.75. The van der Waals surface area contributed by atoms with Crippen LogP contribution in [0.1, 0.15) is 40.5 Å². The zero-order valence-electron chi connectivity index (χ0n) is 30.7. The van der Waals surface area contributed by atoms with Crippen LogP contribution in [0.3, 0.4) is 0 Å². The summed E-state index contributed by atoms with van der Waals surface area (Å²) in [4.78, 5) is 54.6. The number of nitrogens with two attached hydrogens (primary N) is 1. The maximum absolute atomic E-state index is 13.9. The second kappa shape index (κ2) is 21.5. The van der Waals surface area contributed by atoms with Crippen LogP contribution in [0.2, 0.25) is 0 Å². The Morgan fingerprint density at radius 3 is 2.28 bits per heavy atom. The number of allylic oxidation sites excluding steroid dienone is 4. The van der Waals surface area contributed by atoms with Gasteiger partial charge in [-0.15, -0.1) is 0 Å². The maximum Gasteiger partial charge on any atom is 0.405 e. The molecule has 2 amide bonds. The number of carbonyl (C=O) groups is 4. The molecule has 1 heterocycles. The van der Waals surface area contributed by atoms with Crippen molar-refractivity contribution in [3.8, 4) is 0 Å². The normalized spacial score (nSPS) is 28.7. The lowest BCUT2D eigenvalue weighted by Crippen LogP contribution is -2.40. The Balaban J connectivity index is 2.54. The van der Waals surface area contributed by atoms with Crippen LogP contribution < -0.4 is 16.4 Å². The van der Waals surface area contributed by atoms with Crippen LogP contribution in [0.15, 0.2) is 58.5 Å². The van der Waals surface area contributed by atoms with Gasteiger partial charge >= 0.3 is 6.09 Å². The fourth-order valence-electron chi connectivity index (χ4n) is 5.89. The van der Waals surface area contributed by atoms with Gasteiger partial charge in [-0.2, -0.15) is 0 Å². The van der Waals surface area contributed by atoms with E-state index in [1.165, 1.54) is 20.3 Å². The molecule has 6 atom stereocenters. The Kier molecular flexibility index (Phi) is 18.3. The molecule has 0 aromatic carbocycles. The van der Waals surface area contributed by atoms with Crippen LogP contribution in [0.5, 0.6) is 0 Å². The summed E-state index contributed by atoms with van der Waals surface area (Å²) in [7, 11) is 6.19. The molecule has 14 heteroatoms. The average molecular weight is 705 g/mol. The first-order valence-corrected chi connectivity index (χ1v) is 16.8. The van der Waals surface area contributed by atoms with Crippen LogP contribution in [-0.2, 0) is 38.1 Å². The van der Waals surface area contributed by atoms with Crippen molar-refractivity contribution in [2.45, 2.75) is 65.0 Å². The third-order valence-electron chi connectivity index (χ3n) is 8.75. The van der Waals surface area contributed by atoms with Gasteiger partial charge in [0.15, 0.2) is 6.10 Å². The Morgan fingerprint density at radius 2 is 1.70 bits per heavy atom. The summed E-state index contributed by atoms with van der Waals surface area (Å²) in [5.74, 6) is -2.18. The molecule has 0 aromatic rings. The van der Waals surface area contributed by atoms with E-state index < -0.39 is 53.9 Å². The van der Waals surface area contributed by atoms with Crippen molar-refractivity contribution in [3.05, 3.63) is 58.5 Å². The van der Waals surface area contributed by atoms with E-state index in [4.69, 9.17) is 29.4 Å². The molecule has 0 saturated carbocycles. The molecule has 280 valence electrons. The van der Waals surface area contributed by atoms with Crippen molar-refractivity contribution in [1.82, 2.24) is 15.5 Å². The lowest BCUT2D eigenvalue weighted by Gasteiger charge is -2.30. The van der Waals surface area contributed by atoms with Gasteiger partial charge in [-0.1, -0.05) is 38.2 Å². The van der Waals surface area contributed by atoms with E-state index in [0.29, 0.717) is 51.4 Å². The van der Waals surface area contributed by atoms with Crippen LogP contribution >= 0.6 is 0 Å². The zero-order valence-corrected chi connectivity index (χ0v) is 30.7. The number of hydrogen-bond acceptors (Lipinski definition) is 12. The first kappa shape index (κ1) is 42.5. The van der Waals surface area contributed by atoms with Crippen molar-refractivity contribution < 1.29 is 48.0 Å². The molecule has 50 heavy (non-hydrogen) atoms. The predicted octanol–water partition coefficient (Wildman–Crippen LogP) is 1.95. The highest BCUT2D eigenvalue weighted by molar-refractivity contribution is 6.23. The Morgan fingerprint density at radius 1 is 1.04 bits per heavy atom. The van der Waals surface area contributed by atoms with Crippen LogP contribution in [0.4, 0.5) is 4.79 Å². The number of aliphatic hydroxyl groups excluding tert-OH is 1. The topological polar surface area (TPSA) is 188 Å². The number of ketones is 2. The molecule has 1 aliphatic carbocycles. The van der Waals surface area contributed by atoms with Crippen molar-refractivity contribution >= 4 is 23.6 Å². The van der Waals surface area contributed by atoms with E-state index in [9.17, 15) is 24.3 Å². The van der Waals surface area contributed by atoms with Crippen molar-refractivity contribution in [2.24, 2.45) is 17.6 Å². The molecule has 2 rings (SSSR count). The van der Waals surface area contributed by atoms with Gasteiger partial charge in [0, 0.05) is 77.8 Å². The molecule has 0 radical (unpaired) electrons. The first-order valence-electron chi connectivity index (χ1n) is 16.8. The highest BCUT2D eigenvalue weighted by Gasteiger charge is 2.33. The first-order chi connectivity index (χ1) is 23.8. The Hall–Kier alpha value is -3.66. The number of ether oxygens (including phenoxy) is 5. The monoisotopic (exact) mass is 704 g/mol. The summed E-state index contributed by atoms with van der Waals surface area (Å²) < 4.78 is 27.2. The van der Waals surface area contributed by atoms with Gasteiger partial charge in [-0.05, 0) is 38.2 Å². The van der Waals surface area contributed by atoms with Gasteiger partial charge in [0.25, 0.3) is 5.91 Å². The molecule has 14 nitrogen and oxygen atoms in total. The molecular weight excluding hydrogens is 648 g/mol. The van der Waals surface area contributed by atoms with Crippen molar-refractivity contribution in [3.63, 3.8) is 0 Å². The van der Waals surface area contributed by atoms with E-state index >= 15 is 0 Å². The summed E-state index contributed by atoms with van der Waals surface area (Å²) >= 11 is 0. The highest BCUT2D eigenvalue weighted by Crippen LogP contribution is 2.29. The largest absolute Gasteiger partial charge is 0.439 e. The number of nitrogens with zero attached hydrogens (tertiary/aromatic N) is 1. The standard InChI is InChI=1S/C36H56N4O10/c1-22-18-26-31(38-12-13-40(14-16-46-5)15-17-47-6)28(41)21-27(33(26)43)39-35(44)23(2)10-9-11-29(48-7)34(50-36(37)45)25(4)20-24(3)32(42)30(19-22)49-8/h9-11,20-22,24,29-30,32,34,38,42H,12-19H2,1-8H3,(H2,37,45)(H,39,44)/b11-9-,23-10+,25-20+/t22-,24+,29+,30+,32-,34+/m1/s1. The number of nitrogens with one attached hydrogen (secondary N) is 2. The fourth-order valence-corrected chi connectivity index (χ4v) is 5.89. The minimum absolute atomic E-state index is 0.134. The summed E-state index contributed by atoms with van der Waals surface area (Å²) in [5, 5.41) is 17.2. The molecule has 0 fully saturated rings. The number of methoxy groups -OCH3 is 4. The number of aliphatic hydroxyl groups is 1. The number of Topliss-reactive ketones (excluding diaryl/α,β-unsaturated/α-hetero) is 1. The van der Waals surface area contributed by atoms with Crippen LogP contribution in [-0.4, -0.2) is 126 Å². The quantitative estimate of drug-likeness (QED) is 0.161. The van der Waals surface area contributed by atoms with Gasteiger partial charge in [0.05, 0.1) is 36.8 Å². The number of amides is 2. The molecule has 5 N–H and O–H groups in total. The van der Waals surface area contributed by atoms with E-state index in [-0.39, 0.29) is 34.9 Å². The van der Waals surface area contributed by atoms with Gasteiger partial charge in [-0.25, -0.2) is 4.79 Å². The predicted molar refractivity (Wildman–Crippen MR) is 188 cm³/mol. The minimum atomic E-state index is -1.00. The third kappa shape index (κ3) is 12.9. The second-order valence-corrected chi connectivity index (χ2v) is 12.7. The van der Waals surface area contributed by atoms with Gasteiger partial charge in [-0.3, -0.25) is 19.3 Å². The second-order valence-electron chi connectivity index (χ2n) is 12.7. The minimum Gasteiger partial charge on any atom is -0.439 e. The number of carbonyl (C=O) groups excluding carboxylic acids is 4. The molecule has 2 aliphatic rings. The SMILES string of the molecule is COCCN(CCNC1=C2C[C@@H](C)C[C@H](OC)[C@H](O)[C@@H](C)/C=C(\C)[C@H](OC(N)=O)[C@@H](OC)/C=C\C=C(/C)C(=O)NC(=CC1=O)C2=O)CCOC. The highest BCUT2D eigenvalue weighted by atomic mass is 16.6. The van der Waals surface area contributed by atoms with E-state index in [2.05, 4.69) is 15.5 Å². The average Bonchev–Trinajstić information content (AvgIpc) is 3.07. The molecule has 0 aromatic heterocycles. The fraction of sp³-hybridized carbons (Fsp3) is 0.611. The van der Waals surface area contributed by atoms with E-state index in [0.717, 1.165) is 6.08 Å². The molecule has 1 aliphatic heterocycles. The number of hydrogen-bond donors (Lipinski definition) is 4. The Bertz CT molecular complexity index is 1330. The molecular formula is C36H56N4O10. The summed E-state index contributed by atoms with van der Waals surface area (Å²) in [6.45, 7) is 10.3. The maximum atomic E-state index is 13.9. The van der Waals surface area contributed by atoms with E-state index in [1.807, 2.05) is 13.8 Å². The molecule has 0 unspecified atom stereocenters. The Labute approximate surface area is 295 Å². The van der Waals surface area contributed by atoms with Crippen LogP contribution in [0.25, 0.3) is 0 Å². The summed E-state index contributed by atoms with van der Waals surface area (Å²) in [6.07, 6.45) is 3.73. The van der Waals surface area contributed by atoms with Crippen LogP contribution in [0, 0.1) is 11.8 Å². The lowest BCUT2D eigenvalue weighted by atomic mass is 9.85. The summed E-state index contributed by atoms with van der Waals surface area (Å²) in [6, 6.07) is 0. The number of fused-ring (bicyclic) bond motifs is 2. The van der Waals surface area contributed by atoms with Gasteiger partial charge in [0.1, 0.15) is 6.10 Å². The van der Waals surface area contributed by atoms with Crippen molar-refractivity contribution in [2.75, 3.05) is 67.8 Å². The molecule has 2 bridgehead atoms. The van der Waals surface area contributed by atoms with Gasteiger partial charge in [0.2, 0.25) is 11.6 Å². The number of primary amides is 1. The smallest absolute Gasteiger partial charge is 0.405 e. The van der Waals surface area contributed by atoms with E-state index in [1.54, 1.807) is 46.3 Å². The number of rotatable bonds is 13. The molecule has 0 saturated heterocycles. The van der Waals surface area contributed by atoms with Crippen molar-refractivity contribution in [1.29, 1.82) is 0 Å². The zero-order chi connectivity index (χ0) is 37.4. The van der Waals surface area contributed by atoms with Gasteiger partial charge < -0.3 is 45.2 Å². The lowest BCUT2D eigenvalue weighted by molar-refractivity contribution is -0.120.